The lowest BCUT2D eigenvalue weighted by Crippen LogP contribution is -2.08. The van der Waals surface area contributed by atoms with Crippen LogP contribution in [0.3, 0.4) is 0 Å². The molecule has 0 spiro atoms. The zero-order chi connectivity index (χ0) is 22.2. The molecule has 8 heteroatoms. The van der Waals surface area contributed by atoms with Gasteiger partial charge in [-0.2, -0.15) is 0 Å². The Morgan fingerprint density at radius 1 is 0.562 bits per heavy atom. The average molecular weight is 506 g/mol. The summed E-state index contributed by atoms with van der Waals surface area (Å²) in [4.78, 5) is 11.3. The van der Waals surface area contributed by atoms with Crippen LogP contribution in [0.15, 0.2) is 71.0 Å². The summed E-state index contributed by atoms with van der Waals surface area (Å²) in [5.41, 5.74) is 4.16. The minimum Gasteiger partial charge on any atom is -0.387 e. The first kappa shape index (κ1) is 21.6. The third-order valence-corrected chi connectivity index (χ3v) is 7.23. The minimum absolute atomic E-state index is 0.227. The lowest BCUT2D eigenvalue weighted by molar-refractivity contribution is 0.0856. The van der Waals surface area contributed by atoms with Gasteiger partial charge in [0.25, 0.3) is 0 Å². The van der Waals surface area contributed by atoms with Gasteiger partial charge in [-0.05, 0) is 11.1 Å². The summed E-state index contributed by atoms with van der Waals surface area (Å²) in [6, 6.07) is 19.6. The molecule has 0 aliphatic carbocycles. The van der Waals surface area contributed by atoms with Gasteiger partial charge in [0.15, 0.2) is 12.2 Å². The number of nitrogens with zero attached hydrogens (tertiary/aromatic N) is 2. The van der Waals surface area contributed by atoms with Crippen molar-refractivity contribution >= 4 is 57.8 Å². The molecule has 2 heterocycles. The van der Waals surface area contributed by atoms with Gasteiger partial charge >= 0.3 is 0 Å². The number of benzene rings is 3. The molecule has 32 heavy (non-hydrogen) atoms. The normalized spacial score (nSPS) is 19.9. The largest absolute Gasteiger partial charge is 0.387 e. The standard InChI is InChI=1S/C24H16Cl4N2O2/c25-21-19(15-11-17(31-29-15)13-7-3-1-4-8-13)22(26)24(28)20(23(21)27)16-12-18(32-30-16)14-9-5-2-6-10-14/h1-10,17-18H,11-12H2/t17-,18-/m1/s1. The summed E-state index contributed by atoms with van der Waals surface area (Å²) in [6.45, 7) is 0. The van der Waals surface area contributed by atoms with Crippen molar-refractivity contribution in [2.45, 2.75) is 25.0 Å². The van der Waals surface area contributed by atoms with E-state index in [1.54, 1.807) is 0 Å². The van der Waals surface area contributed by atoms with Crippen LogP contribution in [-0.2, 0) is 9.68 Å². The smallest absolute Gasteiger partial charge is 0.158 e. The molecule has 4 nitrogen and oxygen atoms in total. The SMILES string of the molecule is Clc1c(Cl)c(C2=NO[C@@H](c3ccccc3)C2)c(Cl)c(Cl)c1C1=NO[C@@H](c2ccccc2)C1. The van der Waals surface area contributed by atoms with Crippen LogP contribution >= 0.6 is 46.4 Å². The molecule has 2 aliphatic heterocycles. The number of rotatable bonds is 4. The molecule has 0 unspecified atom stereocenters. The van der Waals surface area contributed by atoms with E-state index < -0.39 is 0 Å². The van der Waals surface area contributed by atoms with E-state index in [2.05, 4.69) is 10.3 Å². The molecule has 0 amide bonds. The van der Waals surface area contributed by atoms with Crippen molar-refractivity contribution in [3.8, 4) is 0 Å². The van der Waals surface area contributed by atoms with E-state index in [0.29, 0.717) is 35.4 Å². The van der Waals surface area contributed by atoms with Crippen molar-refractivity contribution in [2.75, 3.05) is 0 Å². The number of hydrogen-bond acceptors (Lipinski definition) is 4. The summed E-state index contributed by atoms with van der Waals surface area (Å²) >= 11 is 26.7. The lowest BCUT2D eigenvalue weighted by Gasteiger charge is -2.15. The molecule has 0 fully saturated rings. The van der Waals surface area contributed by atoms with Crippen molar-refractivity contribution in [1.82, 2.24) is 0 Å². The van der Waals surface area contributed by atoms with E-state index in [-0.39, 0.29) is 32.3 Å². The second kappa shape index (κ2) is 8.95. The maximum atomic E-state index is 6.67. The van der Waals surface area contributed by atoms with Crippen LogP contribution in [0.2, 0.25) is 20.1 Å². The van der Waals surface area contributed by atoms with E-state index in [9.17, 15) is 0 Å². The third-order valence-electron chi connectivity index (χ3n) is 5.52. The van der Waals surface area contributed by atoms with Gasteiger partial charge in [0.05, 0.1) is 31.5 Å². The summed E-state index contributed by atoms with van der Waals surface area (Å²) in [5.74, 6) is 0. The number of hydrogen-bond donors (Lipinski definition) is 0. The Labute approximate surface area is 205 Å². The van der Waals surface area contributed by atoms with Gasteiger partial charge in [0.2, 0.25) is 0 Å². The van der Waals surface area contributed by atoms with E-state index in [1.807, 2.05) is 60.7 Å². The topological polar surface area (TPSA) is 43.2 Å². The Morgan fingerprint density at radius 3 is 1.25 bits per heavy atom. The van der Waals surface area contributed by atoms with E-state index >= 15 is 0 Å². The highest BCUT2D eigenvalue weighted by Crippen LogP contribution is 2.46. The first-order chi connectivity index (χ1) is 15.5. The first-order valence-corrected chi connectivity index (χ1v) is 11.5. The highest BCUT2D eigenvalue weighted by atomic mass is 35.5. The molecule has 0 aromatic heterocycles. The predicted molar refractivity (Wildman–Crippen MR) is 129 cm³/mol. The molecule has 3 aromatic rings. The zero-order valence-electron chi connectivity index (χ0n) is 16.6. The van der Waals surface area contributed by atoms with Gasteiger partial charge in [-0.15, -0.1) is 0 Å². The van der Waals surface area contributed by atoms with Gasteiger partial charge in [-0.1, -0.05) is 117 Å². The van der Waals surface area contributed by atoms with Gasteiger partial charge in [0, 0.05) is 24.0 Å². The maximum absolute atomic E-state index is 6.67. The Bertz CT molecular complexity index is 1100. The highest BCUT2D eigenvalue weighted by Gasteiger charge is 2.33. The van der Waals surface area contributed by atoms with Gasteiger partial charge in [0.1, 0.15) is 0 Å². The number of halogens is 4. The van der Waals surface area contributed by atoms with Crippen molar-refractivity contribution in [2.24, 2.45) is 10.3 Å². The Kier molecular flexibility index (Phi) is 6.04. The average Bonchev–Trinajstić information content (AvgIpc) is 3.50. The fraction of sp³-hybridized carbons (Fsp3) is 0.167. The molecule has 2 atom stereocenters. The second-order valence-electron chi connectivity index (χ2n) is 7.50. The fourth-order valence-electron chi connectivity index (χ4n) is 3.88. The minimum atomic E-state index is -0.227. The van der Waals surface area contributed by atoms with Crippen LogP contribution in [0.4, 0.5) is 0 Å². The van der Waals surface area contributed by atoms with Crippen LogP contribution < -0.4 is 0 Å². The van der Waals surface area contributed by atoms with Crippen molar-refractivity contribution in [1.29, 1.82) is 0 Å². The maximum Gasteiger partial charge on any atom is 0.158 e. The van der Waals surface area contributed by atoms with E-state index in [0.717, 1.165) is 11.1 Å². The summed E-state index contributed by atoms with van der Waals surface area (Å²) < 4.78 is 0. The predicted octanol–water partition coefficient (Wildman–Crippen LogP) is 8.03. The molecule has 3 aromatic carbocycles. The molecule has 162 valence electrons. The molecule has 0 N–H and O–H groups in total. The summed E-state index contributed by atoms with van der Waals surface area (Å²) in [5, 5.41) is 9.49. The molecule has 0 saturated heterocycles. The van der Waals surface area contributed by atoms with E-state index in [1.165, 1.54) is 0 Å². The van der Waals surface area contributed by atoms with Crippen LogP contribution in [0.25, 0.3) is 0 Å². The van der Waals surface area contributed by atoms with Crippen LogP contribution in [0.1, 0.15) is 47.3 Å². The molecule has 0 radical (unpaired) electrons. The third kappa shape index (κ3) is 3.86. The van der Waals surface area contributed by atoms with Gasteiger partial charge in [-0.25, -0.2) is 0 Å². The van der Waals surface area contributed by atoms with Crippen LogP contribution in [0.5, 0.6) is 0 Å². The molecule has 2 aliphatic rings. The summed E-state index contributed by atoms with van der Waals surface area (Å²) in [6.07, 6.45) is 0.537. The van der Waals surface area contributed by atoms with Crippen molar-refractivity contribution < 1.29 is 9.68 Å². The highest BCUT2D eigenvalue weighted by molar-refractivity contribution is 6.53. The zero-order valence-corrected chi connectivity index (χ0v) is 19.6. The monoisotopic (exact) mass is 504 g/mol. The van der Waals surface area contributed by atoms with Crippen LogP contribution in [0, 0.1) is 0 Å². The molecule has 0 bridgehead atoms. The van der Waals surface area contributed by atoms with Gasteiger partial charge in [-0.3, -0.25) is 0 Å². The lowest BCUT2D eigenvalue weighted by atomic mass is 9.96. The quantitative estimate of drug-likeness (QED) is 0.337. The van der Waals surface area contributed by atoms with Crippen LogP contribution in [-0.4, -0.2) is 11.4 Å². The fourth-order valence-corrected chi connectivity index (χ4v) is 5.17. The molecular formula is C24H16Cl4N2O2. The molecular weight excluding hydrogens is 490 g/mol. The van der Waals surface area contributed by atoms with Gasteiger partial charge < -0.3 is 9.68 Å². The van der Waals surface area contributed by atoms with E-state index in [4.69, 9.17) is 56.1 Å². The Balaban J connectivity index is 1.45. The first-order valence-electron chi connectivity index (χ1n) is 9.96. The summed E-state index contributed by atoms with van der Waals surface area (Å²) in [7, 11) is 0. The Hall–Kier alpha value is -2.24. The van der Waals surface area contributed by atoms with Crippen molar-refractivity contribution in [3.05, 3.63) is 103 Å². The van der Waals surface area contributed by atoms with Crippen molar-refractivity contribution in [3.63, 3.8) is 0 Å². The molecule has 0 saturated carbocycles. The number of oxime groups is 2. The molecule has 5 rings (SSSR count). The Morgan fingerprint density at radius 2 is 0.906 bits per heavy atom. The second-order valence-corrected chi connectivity index (χ2v) is 9.01.